The number of aliphatic carboxylic acids is 1. The van der Waals surface area contributed by atoms with Crippen LogP contribution in [0.25, 0.3) is 0 Å². The molecule has 0 spiro atoms. The van der Waals surface area contributed by atoms with E-state index in [4.69, 9.17) is 10.8 Å². The molecule has 0 aliphatic heterocycles. The van der Waals surface area contributed by atoms with Gasteiger partial charge in [-0.2, -0.15) is 0 Å². The Morgan fingerprint density at radius 2 is 2.33 bits per heavy atom. The van der Waals surface area contributed by atoms with Crippen molar-refractivity contribution in [3.8, 4) is 0 Å². The van der Waals surface area contributed by atoms with E-state index in [0.29, 0.717) is 0 Å². The first-order valence-corrected chi connectivity index (χ1v) is 5.31. The van der Waals surface area contributed by atoms with Gasteiger partial charge in [0.2, 0.25) is 0 Å². The lowest BCUT2D eigenvalue weighted by Gasteiger charge is -2.07. The fourth-order valence-electron chi connectivity index (χ4n) is 0.553. The minimum Gasteiger partial charge on any atom is -0.480 e. The number of ether oxygens (including phenoxy) is 1. The number of carbonyl (C=O) groups excluding carboxylic acids is 1. The summed E-state index contributed by atoms with van der Waals surface area (Å²) in [7, 11) is 0. The Balaban J connectivity index is 3.41. The van der Waals surface area contributed by atoms with E-state index < -0.39 is 18.1 Å². The van der Waals surface area contributed by atoms with E-state index in [0.717, 1.165) is 0 Å². The molecule has 0 fully saturated rings. The Labute approximate surface area is 91.8 Å². The van der Waals surface area contributed by atoms with E-state index in [-0.39, 0.29) is 18.2 Å². The number of thioether (sulfide) groups is 1. The average molecular weight is 234 g/mol. The highest BCUT2D eigenvalue weighted by molar-refractivity contribution is 7.99. The molecule has 1 atom stereocenters. The smallest absolute Gasteiger partial charge is 0.408 e. The predicted octanol–water partition coefficient (Wildman–Crippen LogP) is 0.00120. The molecule has 0 unspecified atom stereocenters. The third-order valence-electron chi connectivity index (χ3n) is 1.27. The lowest BCUT2D eigenvalue weighted by molar-refractivity contribution is -0.137. The molecule has 0 aromatic heterocycles. The predicted molar refractivity (Wildman–Crippen MR) is 57.6 cm³/mol. The fraction of sp³-hybridized carbons (Fsp3) is 0.500. The van der Waals surface area contributed by atoms with Gasteiger partial charge in [-0.05, 0) is 0 Å². The van der Waals surface area contributed by atoms with Crippen LogP contribution in [0.2, 0.25) is 0 Å². The molecule has 15 heavy (non-hydrogen) atoms. The van der Waals surface area contributed by atoms with E-state index in [9.17, 15) is 9.59 Å². The quantitative estimate of drug-likeness (QED) is 0.325. The molecular formula is C8H14N2O4S. The lowest BCUT2D eigenvalue weighted by atomic mass is 10.4. The summed E-state index contributed by atoms with van der Waals surface area (Å²) in [5.74, 6) is -0.565. The number of carboxylic acid groups (broad SMARTS) is 1. The first-order valence-electron chi connectivity index (χ1n) is 4.15. The molecule has 6 nitrogen and oxygen atoms in total. The van der Waals surface area contributed by atoms with Crippen LogP contribution in [0.4, 0.5) is 4.79 Å². The molecule has 86 valence electrons. The second kappa shape index (κ2) is 8.13. The van der Waals surface area contributed by atoms with E-state index in [1.54, 1.807) is 0 Å². The van der Waals surface area contributed by atoms with E-state index in [2.05, 4.69) is 16.6 Å². The van der Waals surface area contributed by atoms with Crippen molar-refractivity contribution in [3.63, 3.8) is 0 Å². The van der Waals surface area contributed by atoms with Gasteiger partial charge in [0.1, 0.15) is 12.6 Å². The first-order chi connectivity index (χ1) is 7.07. The van der Waals surface area contributed by atoms with Crippen molar-refractivity contribution in [2.75, 3.05) is 18.2 Å². The monoisotopic (exact) mass is 234 g/mol. The number of carbonyl (C=O) groups is 2. The Morgan fingerprint density at radius 1 is 1.67 bits per heavy atom. The van der Waals surface area contributed by atoms with Gasteiger partial charge < -0.3 is 20.9 Å². The SMILES string of the molecule is C=CCOC(=O)NCSC[C@H](N)C(=O)O. The molecule has 4 N–H and O–H groups in total. The van der Waals surface area contributed by atoms with Crippen molar-refractivity contribution in [1.82, 2.24) is 5.32 Å². The maximum atomic E-state index is 10.8. The Bertz CT molecular complexity index is 235. The Hall–Kier alpha value is -1.21. The second-order valence-electron chi connectivity index (χ2n) is 2.52. The van der Waals surface area contributed by atoms with Crippen LogP contribution in [0.15, 0.2) is 12.7 Å². The standard InChI is InChI=1S/C8H14N2O4S/c1-2-3-14-8(13)10-5-15-4-6(9)7(11)12/h2,6H,1,3-5,9H2,(H,10,13)(H,11,12)/t6-/m0/s1. The van der Waals surface area contributed by atoms with Crippen molar-refractivity contribution < 1.29 is 19.4 Å². The number of rotatable bonds is 7. The minimum absolute atomic E-state index is 0.144. The highest BCUT2D eigenvalue weighted by Gasteiger charge is 2.10. The van der Waals surface area contributed by atoms with Gasteiger partial charge in [0.15, 0.2) is 0 Å². The van der Waals surface area contributed by atoms with Crippen molar-refractivity contribution in [2.45, 2.75) is 6.04 Å². The molecule has 7 heteroatoms. The average Bonchev–Trinajstić information content (AvgIpc) is 2.20. The van der Waals surface area contributed by atoms with Gasteiger partial charge in [-0.1, -0.05) is 12.7 Å². The molecule has 0 heterocycles. The number of carboxylic acids is 1. The summed E-state index contributed by atoms with van der Waals surface area (Å²) in [6, 6.07) is -0.916. The zero-order valence-electron chi connectivity index (χ0n) is 8.14. The van der Waals surface area contributed by atoms with Crippen LogP contribution in [0, 0.1) is 0 Å². The van der Waals surface area contributed by atoms with Crippen LogP contribution in [0.3, 0.4) is 0 Å². The summed E-state index contributed by atoms with van der Waals surface area (Å²) in [4.78, 5) is 21.1. The molecule has 0 aromatic rings. The maximum Gasteiger partial charge on any atom is 0.408 e. The Morgan fingerprint density at radius 3 is 2.87 bits per heavy atom. The van der Waals surface area contributed by atoms with E-state index >= 15 is 0 Å². The third kappa shape index (κ3) is 7.83. The number of nitrogens with one attached hydrogen (secondary N) is 1. The zero-order valence-corrected chi connectivity index (χ0v) is 8.96. The highest BCUT2D eigenvalue weighted by atomic mass is 32.2. The highest BCUT2D eigenvalue weighted by Crippen LogP contribution is 1.99. The summed E-state index contributed by atoms with van der Waals surface area (Å²) in [6.07, 6.45) is 0.888. The van der Waals surface area contributed by atoms with Crippen LogP contribution in [0.1, 0.15) is 0 Å². The van der Waals surface area contributed by atoms with Gasteiger partial charge in [-0.15, -0.1) is 11.8 Å². The maximum absolute atomic E-state index is 10.8. The molecule has 0 aromatic carbocycles. The van der Waals surface area contributed by atoms with Crippen molar-refractivity contribution >= 4 is 23.8 Å². The number of hydrogen-bond donors (Lipinski definition) is 3. The Kier molecular flexibility index (Phi) is 7.47. The van der Waals surface area contributed by atoms with Crippen LogP contribution in [-0.4, -0.2) is 41.4 Å². The van der Waals surface area contributed by atoms with Crippen molar-refractivity contribution in [3.05, 3.63) is 12.7 Å². The summed E-state index contributed by atoms with van der Waals surface area (Å²) in [5.41, 5.74) is 5.24. The topological polar surface area (TPSA) is 102 Å². The van der Waals surface area contributed by atoms with E-state index in [1.807, 2.05) is 0 Å². The largest absolute Gasteiger partial charge is 0.480 e. The van der Waals surface area contributed by atoms with Gasteiger partial charge >= 0.3 is 12.1 Å². The molecule has 0 rings (SSSR count). The summed E-state index contributed by atoms with van der Waals surface area (Å²) >= 11 is 1.21. The summed E-state index contributed by atoms with van der Waals surface area (Å²) in [5, 5.41) is 10.9. The lowest BCUT2D eigenvalue weighted by Crippen LogP contribution is -2.33. The van der Waals surface area contributed by atoms with Crippen LogP contribution in [-0.2, 0) is 9.53 Å². The van der Waals surface area contributed by atoms with Crippen LogP contribution < -0.4 is 11.1 Å². The van der Waals surface area contributed by atoms with Gasteiger partial charge in [0.25, 0.3) is 0 Å². The van der Waals surface area contributed by atoms with Crippen molar-refractivity contribution in [2.24, 2.45) is 5.73 Å². The van der Waals surface area contributed by atoms with Gasteiger partial charge in [0.05, 0.1) is 5.88 Å². The van der Waals surface area contributed by atoms with Gasteiger partial charge in [-0.25, -0.2) is 4.79 Å². The minimum atomic E-state index is -1.06. The fourth-order valence-corrected chi connectivity index (χ4v) is 1.29. The van der Waals surface area contributed by atoms with Gasteiger partial charge in [0, 0.05) is 5.75 Å². The van der Waals surface area contributed by atoms with Crippen LogP contribution >= 0.6 is 11.8 Å². The van der Waals surface area contributed by atoms with Crippen LogP contribution in [0.5, 0.6) is 0 Å². The number of alkyl carbamates (subject to hydrolysis) is 1. The molecule has 1 amide bonds. The zero-order chi connectivity index (χ0) is 11.7. The third-order valence-corrected chi connectivity index (χ3v) is 2.21. The molecule has 0 radical (unpaired) electrons. The summed E-state index contributed by atoms with van der Waals surface area (Å²) < 4.78 is 4.62. The van der Waals surface area contributed by atoms with Crippen molar-refractivity contribution in [1.29, 1.82) is 0 Å². The van der Waals surface area contributed by atoms with Gasteiger partial charge in [-0.3, -0.25) is 4.79 Å². The normalized spacial score (nSPS) is 11.5. The van der Waals surface area contributed by atoms with E-state index in [1.165, 1.54) is 17.8 Å². The molecular weight excluding hydrogens is 220 g/mol. The molecule has 0 saturated carbocycles. The summed E-state index contributed by atoms with van der Waals surface area (Å²) in [6.45, 7) is 3.52. The molecule has 0 bridgehead atoms. The first kappa shape index (κ1) is 13.8. The number of amides is 1. The number of nitrogens with two attached hydrogens (primary N) is 1. The number of hydrogen-bond acceptors (Lipinski definition) is 5. The second-order valence-corrected chi connectivity index (χ2v) is 3.55. The molecule has 0 aliphatic rings. The molecule has 0 aliphatic carbocycles. The molecule has 0 saturated heterocycles.